The highest BCUT2D eigenvalue weighted by Crippen LogP contribution is 2.41. The zero-order valence-corrected chi connectivity index (χ0v) is 16.5. The van der Waals surface area contributed by atoms with Gasteiger partial charge in [0.15, 0.2) is 0 Å². The number of amides is 2. The zero-order valence-electron chi connectivity index (χ0n) is 16.5. The summed E-state index contributed by atoms with van der Waals surface area (Å²) in [4.78, 5) is 27.5. The normalized spacial score (nSPS) is 18.3. The maximum Gasteiger partial charge on any atom is 0.228 e. The first-order chi connectivity index (χ1) is 12.9. The van der Waals surface area contributed by atoms with Gasteiger partial charge in [-0.15, -0.1) is 0 Å². The molecule has 0 heterocycles. The number of nitrogens with one attached hydrogen (secondary N) is 1. The van der Waals surface area contributed by atoms with Crippen LogP contribution in [0.1, 0.15) is 37.0 Å². The highest BCUT2D eigenvalue weighted by Gasteiger charge is 2.49. The minimum absolute atomic E-state index is 0.0471. The fraction of sp³-hybridized carbons (Fsp3) is 0.391. The monoisotopic (exact) mass is 364 g/mol. The van der Waals surface area contributed by atoms with Crippen molar-refractivity contribution < 1.29 is 9.59 Å². The summed E-state index contributed by atoms with van der Waals surface area (Å²) in [5.74, 6) is -0.404. The summed E-state index contributed by atoms with van der Waals surface area (Å²) in [6.45, 7) is 8.60. The summed E-state index contributed by atoms with van der Waals surface area (Å²) >= 11 is 0. The fourth-order valence-electron chi connectivity index (χ4n) is 3.49. The van der Waals surface area contributed by atoms with Crippen molar-refractivity contribution >= 4 is 17.5 Å². The molecule has 0 spiro atoms. The molecular weight excluding hydrogens is 336 g/mol. The van der Waals surface area contributed by atoms with Gasteiger partial charge in [-0.3, -0.25) is 9.59 Å². The summed E-state index contributed by atoms with van der Waals surface area (Å²) in [6, 6.07) is 16.0. The predicted molar refractivity (Wildman–Crippen MR) is 108 cm³/mol. The molecule has 0 bridgehead atoms. The smallest absolute Gasteiger partial charge is 0.228 e. The van der Waals surface area contributed by atoms with Gasteiger partial charge in [-0.25, -0.2) is 0 Å². The van der Waals surface area contributed by atoms with Crippen molar-refractivity contribution in [2.24, 2.45) is 11.8 Å². The molecule has 0 aliphatic heterocycles. The van der Waals surface area contributed by atoms with E-state index in [1.165, 1.54) is 0 Å². The van der Waals surface area contributed by atoms with E-state index < -0.39 is 0 Å². The maximum absolute atomic E-state index is 13.0. The number of anilines is 1. The molecule has 2 aromatic carbocycles. The lowest BCUT2D eigenvalue weighted by Gasteiger charge is -2.27. The first kappa shape index (κ1) is 19.2. The van der Waals surface area contributed by atoms with Gasteiger partial charge in [-0.1, -0.05) is 48.5 Å². The van der Waals surface area contributed by atoms with Crippen molar-refractivity contribution in [3.05, 3.63) is 65.2 Å². The van der Waals surface area contributed by atoms with Gasteiger partial charge in [0.1, 0.15) is 0 Å². The molecule has 2 unspecified atom stereocenters. The number of hydrogen-bond acceptors (Lipinski definition) is 2. The van der Waals surface area contributed by atoms with Crippen LogP contribution in [0, 0.1) is 25.7 Å². The molecule has 0 aromatic heterocycles. The van der Waals surface area contributed by atoms with Crippen molar-refractivity contribution in [1.82, 2.24) is 4.90 Å². The van der Waals surface area contributed by atoms with Crippen LogP contribution in [-0.4, -0.2) is 22.8 Å². The van der Waals surface area contributed by atoms with E-state index in [0.717, 1.165) is 22.4 Å². The first-order valence-electron chi connectivity index (χ1n) is 9.60. The summed E-state index contributed by atoms with van der Waals surface area (Å²) in [5, 5.41) is 3.03. The van der Waals surface area contributed by atoms with Crippen molar-refractivity contribution in [1.29, 1.82) is 0 Å². The van der Waals surface area contributed by atoms with Crippen LogP contribution < -0.4 is 5.32 Å². The van der Waals surface area contributed by atoms with E-state index in [0.29, 0.717) is 13.0 Å². The number of rotatable bonds is 6. The van der Waals surface area contributed by atoms with Gasteiger partial charge >= 0.3 is 0 Å². The molecule has 1 saturated carbocycles. The van der Waals surface area contributed by atoms with Crippen LogP contribution in [0.4, 0.5) is 5.69 Å². The SMILES string of the molecule is Cc1cccc(C)c1NC(=O)C1CC1C(=O)N(Cc1ccccc1)C(C)C. The lowest BCUT2D eigenvalue weighted by Crippen LogP contribution is -2.38. The number of nitrogens with zero attached hydrogens (tertiary/aromatic N) is 1. The highest BCUT2D eigenvalue weighted by molar-refractivity contribution is 6.00. The summed E-state index contributed by atoms with van der Waals surface area (Å²) in [6.07, 6.45) is 0.633. The average molecular weight is 364 g/mol. The van der Waals surface area contributed by atoms with Crippen LogP contribution in [0.2, 0.25) is 0 Å². The number of carbonyl (C=O) groups is 2. The van der Waals surface area contributed by atoms with Crippen molar-refractivity contribution in [3.63, 3.8) is 0 Å². The fourth-order valence-corrected chi connectivity index (χ4v) is 3.49. The van der Waals surface area contributed by atoms with Crippen LogP contribution >= 0.6 is 0 Å². The molecule has 0 saturated heterocycles. The zero-order chi connectivity index (χ0) is 19.6. The van der Waals surface area contributed by atoms with Crippen LogP contribution in [0.5, 0.6) is 0 Å². The van der Waals surface area contributed by atoms with Gasteiger partial charge in [0.2, 0.25) is 11.8 Å². The summed E-state index contributed by atoms with van der Waals surface area (Å²) in [7, 11) is 0. The molecule has 0 radical (unpaired) electrons. The Kier molecular flexibility index (Phi) is 5.64. The minimum atomic E-state index is -0.228. The van der Waals surface area contributed by atoms with E-state index in [-0.39, 0.29) is 29.7 Å². The molecule has 4 heteroatoms. The lowest BCUT2D eigenvalue weighted by atomic mass is 10.1. The largest absolute Gasteiger partial charge is 0.336 e. The lowest BCUT2D eigenvalue weighted by molar-refractivity contribution is -0.136. The minimum Gasteiger partial charge on any atom is -0.336 e. The summed E-state index contributed by atoms with van der Waals surface area (Å²) < 4.78 is 0. The van der Waals surface area contributed by atoms with E-state index in [9.17, 15) is 9.59 Å². The molecule has 142 valence electrons. The molecule has 2 amide bonds. The molecule has 3 rings (SSSR count). The first-order valence-corrected chi connectivity index (χ1v) is 9.60. The number of carbonyl (C=O) groups excluding carboxylic acids is 2. The Hall–Kier alpha value is -2.62. The average Bonchev–Trinajstić information content (AvgIpc) is 3.44. The molecular formula is C23H28N2O2. The van der Waals surface area contributed by atoms with Gasteiger partial charge in [0, 0.05) is 18.3 Å². The molecule has 1 aliphatic rings. The van der Waals surface area contributed by atoms with E-state index >= 15 is 0 Å². The number of para-hydroxylation sites is 1. The third-order valence-corrected chi connectivity index (χ3v) is 5.28. The maximum atomic E-state index is 13.0. The van der Waals surface area contributed by atoms with Gasteiger partial charge in [-0.05, 0) is 50.8 Å². The van der Waals surface area contributed by atoms with Crippen LogP contribution in [0.3, 0.4) is 0 Å². The third-order valence-electron chi connectivity index (χ3n) is 5.28. The molecule has 4 nitrogen and oxygen atoms in total. The Bertz CT molecular complexity index is 809. The van der Waals surface area contributed by atoms with Crippen molar-refractivity contribution in [3.8, 4) is 0 Å². The van der Waals surface area contributed by atoms with E-state index in [2.05, 4.69) is 5.32 Å². The Balaban J connectivity index is 1.65. The molecule has 1 N–H and O–H groups in total. The standard InChI is InChI=1S/C23H28N2O2/c1-15(2)25(14-18-11-6-5-7-12-18)23(27)20-13-19(20)22(26)24-21-16(3)9-8-10-17(21)4/h5-12,15,19-20H,13-14H2,1-4H3,(H,24,26). The molecule has 1 aliphatic carbocycles. The molecule has 2 aromatic rings. The van der Waals surface area contributed by atoms with Crippen LogP contribution in [-0.2, 0) is 16.1 Å². The predicted octanol–water partition coefficient (Wildman–Crippen LogP) is 4.32. The van der Waals surface area contributed by atoms with Gasteiger partial charge < -0.3 is 10.2 Å². The second kappa shape index (κ2) is 7.95. The summed E-state index contributed by atoms with van der Waals surface area (Å²) in [5.41, 5.74) is 4.06. The van der Waals surface area contributed by atoms with E-state index in [1.54, 1.807) is 0 Å². The highest BCUT2D eigenvalue weighted by atomic mass is 16.2. The molecule has 2 atom stereocenters. The Morgan fingerprint density at radius 3 is 2.22 bits per heavy atom. The topological polar surface area (TPSA) is 49.4 Å². The van der Waals surface area contributed by atoms with Gasteiger partial charge in [0.25, 0.3) is 0 Å². The third kappa shape index (κ3) is 4.38. The number of benzene rings is 2. The van der Waals surface area contributed by atoms with E-state index in [1.807, 2.05) is 81.1 Å². The molecule has 27 heavy (non-hydrogen) atoms. The Labute approximate surface area is 161 Å². The van der Waals surface area contributed by atoms with Gasteiger partial charge in [0.05, 0.1) is 11.8 Å². The molecule has 1 fully saturated rings. The van der Waals surface area contributed by atoms with E-state index in [4.69, 9.17) is 0 Å². The number of aryl methyl sites for hydroxylation is 2. The second-order valence-corrected chi connectivity index (χ2v) is 7.75. The second-order valence-electron chi connectivity index (χ2n) is 7.75. The Morgan fingerprint density at radius 1 is 1.00 bits per heavy atom. The van der Waals surface area contributed by atoms with Crippen LogP contribution in [0.15, 0.2) is 48.5 Å². The van der Waals surface area contributed by atoms with Crippen LogP contribution in [0.25, 0.3) is 0 Å². The Morgan fingerprint density at radius 2 is 1.63 bits per heavy atom. The van der Waals surface area contributed by atoms with Crippen molar-refractivity contribution in [2.45, 2.75) is 46.7 Å². The van der Waals surface area contributed by atoms with Gasteiger partial charge in [-0.2, -0.15) is 0 Å². The number of hydrogen-bond donors (Lipinski definition) is 1. The quantitative estimate of drug-likeness (QED) is 0.830. The van der Waals surface area contributed by atoms with Crippen molar-refractivity contribution in [2.75, 3.05) is 5.32 Å².